The molecule has 0 N–H and O–H groups in total. The minimum absolute atomic E-state index is 0.187. The molecule has 0 aromatic heterocycles. The van der Waals surface area contributed by atoms with Crippen LogP contribution < -0.4 is 9.80 Å². The van der Waals surface area contributed by atoms with E-state index in [9.17, 15) is 4.79 Å². The zero-order valence-electron chi connectivity index (χ0n) is 16.7. The van der Waals surface area contributed by atoms with Gasteiger partial charge in [-0.25, -0.2) is 0 Å². The monoisotopic (exact) mass is 360 g/mol. The molecule has 140 valence electrons. The van der Waals surface area contributed by atoms with Gasteiger partial charge in [-0.1, -0.05) is 24.3 Å². The average molecular weight is 361 g/mol. The largest absolute Gasteiger partial charge is 0.378 e. The van der Waals surface area contributed by atoms with Crippen LogP contribution in [0.1, 0.15) is 30.4 Å². The molecule has 0 aliphatic heterocycles. The molecule has 0 spiro atoms. The van der Waals surface area contributed by atoms with Crippen molar-refractivity contribution in [3.63, 3.8) is 0 Å². The number of ketones is 1. The van der Waals surface area contributed by atoms with Gasteiger partial charge < -0.3 is 9.80 Å². The number of benzene rings is 2. The molecule has 0 unspecified atom stereocenters. The predicted octanol–water partition coefficient (Wildman–Crippen LogP) is 5.04. The lowest BCUT2D eigenvalue weighted by atomic mass is 9.87. The molecule has 3 rings (SSSR count). The molecular formula is C24H28N2O. The molecule has 0 heterocycles. The standard InChI is InChI=1S/C24H28N2O/c1-25(2)22-12-5-8-18(16-22)14-20-10-7-11-21(24(20)27)15-19-9-6-13-23(17-19)26(3)4/h5-6,8-9,12-17H,7,10-11H2,1-4H3. The van der Waals surface area contributed by atoms with E-state index in [1.165, 1.54) is 0 Å². The van der Waals surface area contributed by atoms with Gasteiger partial charge in [0.25, 0.3) is 0 Å². The second kappa shape index (κ2) is 8.26. The Balaban J connectivity index is 1.87. The highest BCUT2D eigenvalue weighted by Gasteiger charge is 2.20. The van der Waals surface area contributed by atoms with E-state index in [0.717, 1.165) is 52.9 Å². The van der Waals surface area contributed by atoms with Gasteiger partial charge in [0.15, 0.2) is 5.78 Å². The van der Waals surface area contributed by atoms with Crippen molar-refractivity contribution in [2.75, 3.05) is 38.0 Å². The maximum Gasteiger partial charge on any atom is 0.185 e. The van der Waals surface area contributed by atoms with Crippen LogP contribution in [0.25, 0.3) is 12.2 Å². The molecule has 0 bridgehead atoms. The number of hydrogen-bond acceptors (Lipinski definition) is 3. The topological polar surface area (TPSA) is 23.6 Å². The summed E-state index contributed by atoms with van der Waals surface area (Å²) >= 11 is 0. The van der Waals surface area contributed by atoms with E-state index in [1.54, 1.807) is 0 Å². The van der Waals surface area contributed by atoms with Crippen LogP contribution >= 0.6 is 0 Å². The van der Waals surface area contributed by atoms with Gasteiger partial charge in [-0.3, -0.25) is 4.79 Å². The van der Waals surface area contributed by atoms with Crippen molar-refractivity contribution in [1.29, 1.82) is 0 Å². The van der Waals surface area contributed by atoms with Gasteiger partial charge in [0.1, 0.15) is 0 Å². The molecule has 1 aliphatic carbocycles. The highest BCUT2D eigenvalue weighted by molar-refractivity contribution is 6.14. The van der Waals surface area contributed by atoms with Crippen molar-refractivity contribution in [1.82, 2.24) is 0 Å². The van der Waals surface area contributed by atoms with Crippen LogP contribution in [0.15, 0.2) is 59.7 Å². The Morgan fingerprint density at radius 3 is 1.59 bits per heavy atom. The molecule has 2 aromatic carbocycles. The summed E-state index contributed by atoms with van der Waals surface area (Å²) in [5, 5.41) is 0. The van der Waals surface area contributed by atoms with Crippen LogP contribution in [0, 0.1) is 0 Å². The fraction of sp³-hybridized carbons (Fsp3) is 0.292. The molecule has 3 nitrogen and oxygen atoms in total. The van der Waals surface area contributed by atoms with Gasteiger partial charge in [-0.15, -0.1) is 0 Å². The summed E-state index contributed by atoms with van der Waals surface area (Å²) in [6, 6.07) is 16.6. The summed E-state index contributed by atoms with van der Waals surface area (Å²) in [7, 11) is 8.11. The number of allylic oxidation sites excluding steroid dienone is 2. The first-order chi connectivity index (χ1) is 12.9. The Hall–Kier alpha value is -2.81. The quantitative estimate of drug-likeness (QED) is 0.714. The Labute approximate surface area is 162 Å². The maximum absolute atomic E-state index is 13.0. The van der Waals surface area contributed by atoms with Crippen LogP contribution in [-0.4, -0.2) is 34.0 Å². The minimum atomic E-state index is 0.187. The highest BCUT2D eigenvalue weighted by Crippen LogP contribution is 2.29. The van der Waals surface area contributed by atoms with Crippen molar-refractivity contribution in [2.24, 2.45) is 0 Å². The molecular weight excluding hydrogens is 332 g/mol. The lowest BCUT2D eigenvalue weighted by molar-refractivity contribution is -0.112. The van der Waals surface area contributed by atoms with Crippen LogP contribution in [0.3, 0.4) is 0 Å². The lowest BCUT2D eigenvalue weighted by Crippen LogP contribution is -2.12. The van der Waals surface area contributed by atoms with E-state index < -0.39 is 0 Å². The average Bonchev–Trinajstić information content (AvgIpc) is 2.65. The highest BCUT2D eigenvalue weighted by atomic mass is 16.1. The van der Waals surface area contributed by atoms with Crippen molar-refractivity contribution < 1.29 is 4.79 Å². The van der Waals surface area contributed by atoms with E-state index in [2.05, 4.69) is 58.4 Å². The van der Waals surface area contributed by atoms with Crippen molar-refractivity contribution >= 4 is 29.3 Å². The normalized spacial score (nSPS) is 17.4. The van der Waals surface area contributed by atoms with Crippen LogP contribution in [0.2, 0.25) is 0 Å². The third kappa shape index (κ3) is 4.68. The first kappa shape index (κ1) is 19.0. The second-order valence-electron chi connectivity index (χ2n) is 7.50. The third-order valence-electron chi connectivity index (χ3n) is 4.93. The zero-order chi connectivity index (χ0) is 19.4. The van der Waals surface area contributed by atoms with E-state index >= 15 is 0 Å². The summed E-state index contributed by atoms with van der Waals surface area (Å²) in [6.45, 7) is 0. The summed E-state index contributed by atoms with van der Waals surface area (Å²) in [4.78, 5) is 17.2. The van der Waals surface area contributed by atoms with Gasteiger partial charge in [0.05, 0.1) is 0 Å². The van der Waals surface area contributed by atoms with Gasteiger partial charge in [-0.2, -0.15) is 0 Å². The Kier molecular flexibility index (Phi) is 5.80. The second-order valence-corrected chi connectivity index (χ2v) is 7.50. The zero-order valence-corrected chi connectivity index (χ0v) is 16.7. The number of nitrogens with zero attached hydrogens (tertiary/aromatic N) is 2. The van der Waals surface area contributed by atoms with Crippen molar-refractivity contribution in [2.45, 2.75) is 19.3 Å². The SMILES string of the molecule is CN(C)c1cccc(C=C2CCCC(=Cc3cccc(N(C)C)c3)C2=O)c1. The molecule has 1 aliphatic rings. The van der Waals surface area contributed by atoms with E-state index in [1.807, 2.05) is 40.3 Å². The summed E-state index contributed by atoms with van der Waals surface area (Å²) in [6.07, 6.45) is 6.82. The van der Waals surface area contributed by atoms with Crippen LogP contribution in [0.5, 0.6) is 0 Å². The Morgan fingerprint density at radius 1 is 0.741 bits per heavy atom. The third-order valence-corrected chi connectivity index (χ3v) is 4.93. The fourth-order valence-electron chi connectivity index (χ4n) is 3.37. The van der Waals surface area contributed by atoms with Gasteiger partial charge >= 0.3 is 0 Å². The summed E-state index contributed by atoms with van der Waals surface area (Å²) in [5.41, 5.74) is 6.27. The van der Waals surface area contributed by atoms with Crippen molar-refractivity contribution in [3.05, 3.63) is 70.8 Å². The number of anilines is 2. The number of hydrogen-bond donors (Lipinski definition) is 0. The van der Waals surface area contributed by atoms with Gasteiger partial charge in [0.2, 0.25) is 0 Å². The van der Waals surface area contributed by atoms with Gasteiger partial charge in [-0.05, 0) is 66.8 Å². The Morgan fingerprint density at radius 2 is 1.19 bits per heavy atom. The van der Waals surface area contributed by atoms with E-state index in [0.29, 0.717) is 0 Å². The maximum atomic E-state index is 13.0. The molecule has 0 radical (unpaired) electrons. The molecule has 3 heteroatoms. The molecule has 2 aromatic rings. The molecule has 0 saturated heterocycles. The molecule has 0 atom stereocenters. The fourth-order valence-corrected chi connectivity index (χ4v) is 3.37. The first-order valence-electron chi connectivity index (χ1n) is 9.44. The van der Waals surface area contributed by atoms with Crippen molar-refractivity contribution in [3.8, 4) is 0 Å². The van der Waals surface area contributed by atoms with Crippen LogP contribution in [0.4, 0.5) is 11.4 Å². The van der Waals surface area contributed by atoms with E-state index in [-0.39, 0.29) is 5.78 Å². The summed E-state index contributed by atoms with van der Waals surface area (Å²) < 4.78 is 0. The molecule has 1 saturated carbocycles. The lowest BCUT2D eigenvalue weighted by Gasteiger charge is -2.18. The predicted molar refractivity (Wildman–Crippen MR) is 116 cm³/mol. The minimum Gasteiger partial charge on any atom is -0.378 e. The first-order valence-corrected chi connectivity index (χ1v) is 9.44. The number of carbonyl (C=O) groups is 1. The Bertz CT molecular complexity index is 819. The number of Topliss-reactive ketones (excluding diaryl/α,β-unsaturated/α-hetero) is 1. The number of carbonyl (C=O) groups excluding carboxylic acids is 1. The molecule has 1 fully saturated rings. The summed E-state index contributed by atoms with van der Waals surface area (Å²) in [5.74, 6) is 0.187. The van der Waals surface area contributed by atoms with Gasteiger partial charge in [0, 0.05) is 50.7 Å². The smallest absolute Gasteiger partial charge is 0.185 e. The molecule has 0 amide bonds. The number of rotatable bonds is 4. The van der Waals surface area contributed by atoms with E-state index in [4.69, 9.17) is 0 Å². The van der Waals surface area contributed by atoms with Crippen LogP contribution in [-0.2, 0) is 4.79 Å². The molecule has 27 heavy (non-hydrogen) atoms.